The Morgan fingerprint density at radius 2 is 2.18 bits per heavy atom. The second-order valence-corrected chi connectivity index (χ2v) is 4.96. The van der Waals surface area contributed by atoms with Gasteiger partial charge in [0.1, 0.15) is 5.52 Å². The van der Waals surface area contributed by atoms with E-state index in [0.717, 1.165) is 23.4 Å². The van der Waals surface area contributed by atoms with E-state index < -0.39 is 0 Å². The normalized spacial score (nSPS) is 11.1. The van der Waals surface area contributed by atoms with Gasteiger partial charge in [-0.15, -0.1) is 11.3 Å². The molecule has 2 N–H and O–H groups in total. The third kappa shape index (κ3) is 1.78. The molecule has 5 heteroatoms. The highest BCUT2D eigenvalue weighted by Gasteiger charge is 2.10. The zero-order chi connectivity index (χ0) is 11.8. The molecule has 0 aliphatic rings. The molecule has 0 aliphatic carbocycles. The summed E-state index contributed by atoms with van der Waals surface area (Å²) < 4.78 is 1.95. The highest BCUT2D eigenvalue weighted by molar-refractivity contribution is 7.09. The van der Waals surface area contributed by atoms with Crippen LogP contribution in [0.3, 0.4) is 0 Å². The van der Waals surface area contributed by atoms with Gasteiger partial charge in [0.05, 0.1) is 6.54 Å². The molecule has 4 nitrogen and oxygen atoms in total. The van der Waals surface area contributed by atoms with Crippen LogP contribution >= 0.6 is 11.3 Å². The smallest absolute Gasteiger partial charge is 0.202 e. The fourth-order valence-corrected chi connectivity index (χ4v) is 2.52. The lowest BCUT2D eigenvalue weighted by molar-refractivity contribution is 0.839. The number of thiophene rings is 1. The minimum atomic E-state index is 0.520. The lowest BCUT2D eigenvalue weighted by atomic mass is 10.3. The van der Waals surface area contributed by atoms with Crippen molar-refractivity contribution in [1.82, 2.24) is 14.5 Å². The first-order valence-electron chi connectivity index (χ1n) is 5.36. The molecule has 0 aromatic carbocycles. The van der Waals surface area contributed by atoms with Crippen molar-refractivity contribution in [2.75, 3.05) is 5.73 Å². The summed E-state index contributed by atoms with van der Waals surface area (Å²) in [6.45, 7) is 2.70. The summed E-state index contributed by atoms with van der Waals surface area (Å²) in [5.74, 6) is 0.520. The maximum atomic E-state index is 5.94. The van der Waals surface area contributed by atoms with Crippen LogP contribution in [0.4, 0.5) is 5.95 Å². The van der Waals surface area contributed by atoms with E-state index in [2.05, 4.69) is 21.4 Å². The van der Waals surface area contributed by atoms with E-state index in [1.165, 1.54) is 4.88 Å². The monoisotopic (exact) mass is 244 g/mol. The predicted molar refractivity (Wildman–Crippen MR) is 70.1 cm³/mol. The zero-order valence-corrected chi connectivity index (χ0v) is 10.2. The molecule has 0 radical (unpaired) electrons. The van der Waals surface area contributed by atoms with E-state index in [0.29, 0.717) is 5.95 Å². The van der Waals surface area contributed by atoms with Crippen LogP contribution in [0.1, 0.15) is 10.6 Å². The number of hydrogen-bond acceptors (Lipinski definition) is 4. The van der Waals surface area contributed by atoms with E-state index in [9.17, 15) is 0 Å². The zero-order valence-electron chi connectivity index (χ0n) is 9.42. The number of pyridine rings is 1. The van der Waals surface area contributed by atoms with Crippen LogP contribution in [0.15, 0.2) is 29.6 Å². The molecule has 0 saturated carbocycles. The number of anilines is 1. The molecule has 3 aromatic heterocycles. The summed E-state index contributed by atoms with van der Waals surface area (Å²) >= 11 is 1.71. The molecule has 3 heterocycles. The van der Waals surface area contributed by atoms with E-state index >= 15 is 0 Å². The molecule has 0 atom stereocenters. The number of nitrogen functional groups attached to an aromatic ring is 1. The van der Waals surface area contributed by atoms with E-state index in [-0.39, 0.29) is 0 Å². The van der Waals surface area contributed by atoms with Crippen LogP contribution in [0.2, 0.25) is 0 Å². The van der Waals surface area contributed by atoms with E-state index in [1.807, 2.05) is 29.7 Å². The maximum Gasteiger partial charge on any atom is 0.202 e. The second-order valence-electron chi connectivity index (χ2n) is 3.93. The number of hydrogen-bond donors (Lipinski definition) is 1. The van der Waals surface area contributed by atoms with Gasteiger partial charge in [-0.25, -0.2) is 9.97 Å². The fraction of sp³-hybridized carbons (Fsp3) is 0.167. The second kappa shape index (κ2) is 3.85. The van der Waals surface area contributed by atoms with Gasteiger partial charge in [0.2, 0.25) is 5.95 Å². The topological polar surface area (TPSA) is 56.7 Å². The maximum absolute atomic E-state index is 5.94. The molecule has 17 heavy (non-hydrogen) atoms. The Morgan fingerprint density at radius 1 is 1.29 bits per heavy atom. The molecule has 0 spiro atoms. The van der Waals surface area contributed by atoms with Crippen molar-refractivity contribution in [2.24, 2.45) is 0 Å². The van der Waals surface area contributed by atoms with Crippen molar-refractivity contribution in [1.29, 1.82) is 0 Å². The van der Waals surface area contributed by atoms with Gasteiger partial charge in [-0.1, -0.05) is 6.07 Å². The molecular formula is C12H12N4S. The number of aryl methyl sites for hydroxylation is 1. The number of nitrogens with zero attached hydrogens (tertiary/aromatic N) is 3. The Morgan fingerprint density at radius 3 is 2.94 bits per heavy atom. The standard InChI is InChI=1S/C12H12N4S/c1-8-4-5-10-11(14-8)16(12(13)15-10)7-9-3-2-6-17-9/h2-6H,7H2,1H3,(H2,13,15). The predicted octanol–water partition coefficient (Wildman–Crippen LogP) is 2.43. The van der Waals surface area contributed by atoms with Crippen LogP contribution in [0.25, 0.3) is 11.2 Å². The number of rotatable bonds is 2. The van der Waals surface area contributed by atoms with Crippen molar-refractivity contribution in [3.63, 3.8) is 0 Å². The van der Waals surface area contributed by atoms with Gasteiger partial charge < -0.3 is 5.73 Å². The Kier molecular flexibility index (Phi) is 2.33. The minimum absolute atomic E-state index is 0.520. The Bertz CT molecular complexity index is 655. The largest absolute Gasteiger partial charge is 0.369 e. The molecule has 0 fully saturated rings. The first-order valence-corrected chi connectivity index (χ1v) is 6.24. The van der Waals surface area contributed by atoms with Gasteiger partial charge in [0.25, 0.3) is 0 Å². The quantitative estimate of drug-likeness (QED) is 0.753. The van der Waals surface area contributed by atoms with Gasteiger partial charge in [-0.2, -0.15) is 0 Å². The Balaban J connectivity index is 2.14. The fourth-order valence-electron chi connectivity index (χ4n) is 1.83. The first-order chi connectivity index (χ1) is 8.24. The third-order valence-electron chi connectivity index (χ3n) is 2.66. The lowest BCUT2D eigenvalue weighted by Crippen LogP contribution is -2.04. The average Bonchev–Trinajstić information content (AvgIpc) is 2.90. The van der Waals surface area contributed by atoms with Crippen molar-refractivity contribution in [3.8, 4) is 0 Å². The van der Waals surface area contributed by atoms with Crippen molar-refractivity contribution in [3.05, 3.63) is 40.2 Å². The summed E-state index contributed by atoms with van der Waals surface area (Å²) in [7, 11) is 0. The molecule has 3 aromatic rings. The number of nitrogens with two attached hydrogens (primary N) is 1. The summed E-state index contributed by atoms with van der Waals surface area (Å²) in [5.41, 5.74) is 8.62. The molecule has 0 saturated heterocycles. The highest BCUT2D eigenvalue weighted by Crippen LogP contribution is 2.19. The number of fused-ring (bicyclic) bond motifs is 1. The summed E-state index contributed by atoms with van der Waals surface area (Å²) in [6, 6.07) is 8.03. The van der Waals surface area contributed by atoms with Gasteiger partial charge in [0.15, 0.2) is 5.65 Å². The number of imidazole rings is 1. The van der Waals surface area contributed by atoms with Crippen LogP contribution < -0.4 is 5.73 Å². The number of aromatic nitrogens is 3. The molecule has 0 aliphatic heterocycles. The highest BCUT2D eigenvalue weighted by atomic mass is 32.1. The lowest BCUT2D eigenvalue weighted by Gasteiger charge is -2.03. The first kappa shape index (κ1) is 10.3. The molecular weight excluding hydrogens is 232 g/mol. The minimum Gasteiger partial charge on any atom is -0.369 e. The SMILES string of the molecule is Cc1ccc2nc(N)n(Cc3cccs3)c2n1. The van der Waals surface area contributed by atoms with Gasteiger partial charge in [-0.05, 0) is 30.5 Å². The molecule has 3 rings (SSSR count). The molecule has 0 unspecified atom stereocenters. The molecule has 0 bridgehead atoms. The Hall–Kier alpha value is -1.88. The van der Waals surface area contributed by atoms with Crippen LogP contribution in [-0.2, 0) is 6.54 Å². The molecule has 0 amide bonds. The third-order valence-corrected chi connectivity index (χ3v) is 3.52. The van der Waals surface area contributed by atoms with E-state index in [1.54, 1.807) is 11.3 Å². The average molecular weight is 244 g/mol. The van der Waals surface area contributed by atoms with Crippen LogP contribution in [0, 0.1) is 6.92 Å². The van der Waals surface area contributed by atoms with Crippen LogP contribution in [-0.4, -0.2) is 14.5 Å². The summed E-state index contributed by atoms with van der Waals surface area (Å²) in [6.07, 6.45) is 0. The van der Waals surface area contributed by atoms with Gasteiger partial charge >= 0.3 is 0 Å². The molecule has 86 valence electrons. The van der Waals surface area contributed by atoms with Crippen molar-refractivity contribution >= 4 is 28.4 Å². The van der Waals surface area contributed by atoms with Crippen LogP contribution in [0.5, 0.6) is 0 Å². The summed E-state index contributed by atoms with van der Waals surface area (Å²) in [5, 5.41) is 2.06. The Labute approximate surface area is 103 Å². The van der Waals surface area contributed by atoms with E-state index in [4.69, 9.17) is 5.73 Å². The summed E-state index contributed by atoms with van der Waals surface area (Å²) in [4.78, 5) is 10.1. The van der Waals surface area contributed by atoms with Gasteiger partial charge in [0, 0.05) is 10.6 Å². The van der Waals surface area contributed by atoms with Crippen molar-refractivity contribution < 1.29 is 0 Å². The van der Waals surface area contributed by atoms with Crippen molar-refractivity contribution in [2.45, 2.75) is 13.5 Å². The van der Waals surface area contributed by atoms with Gasteiger partial charge in [-0.3, -0.25) is 4.57 Å².